The van der Waals surface area contributed by atoms with E-state index in [1.807, 2.05) is 11.3 Å². The summed E-state index contributed by atoms with van der Waals surface area (Å²) in [6, 6.07) is 4.30. The van der Waals surface area contributed by atoms with E-state index in [9.17, 15) is 4.79 Å². The van der Waals surface area contributed by atoms with Crippen LogP contribution in [0.25, 0.3) is 0 Å². The molecule has 2 atom stereocenters. The number of allylic oxidation sites excluding steroid dienone is 2. The van der Waals surface area contributed by atoms with Gasteiger partial charge in [-0.15, -0.1) is 11.3 Å². The lowest BCUT2D eigenvalue weighted by Crippen LogP contribution is -2.49. The summed E-state index contributed by atoms with van der Waals surface area (Å²) in [7, 11) is 0. The molecule has 2 fully saturated rings. The number of hydrogen-bond acceptors (Lipinski definition) is 3. The largest absolute Gasteiger partial charge is 0.340 e. The Morgan fingerprint density at radius 1 is 1.30 bits per heavy atom. The zero-order valence-corrected chi connectivity index (χ0v) is 15.5. The Hall–Kier alpha value is -1.13. The van der Waals surface area contributed by atoms with E-state index in [4.69, 9.17) is 0 Å². The molecule has 0 N–H and O–H groups in total. The van der Waals surface area contributed by atoms with Crippen molar-refractivity contribution in [2.75, 3.05) is 26.2 Å². The number of hydrogen-bond donors (Lipinski definition) is 0. The minimum Gasteiger partial charge on any atom is -0.340 e. The molecule has 0 bridgehead atoms. The second-order valence-electron chi connectivity index (χ2n) is 7.75. The van der Waals surface area contributed by atoms with E-state index in [0.29, 0.717) is 11.8 Å². The summed E-state index contributed by atoms with van der Waals surface area (Å²) in [6.07, 6.45) is 2.29. The van der Waals surface area contributed by atoms with Crippen LogP contribution in [0.3, 0.4) is 0 Å². The van der Waals surface area contributed by atoms with Gasteiger partial charge in [-0.25, -0.2) is 0 Å². The molecule has 2 unspecified atom stereocenters. The van der Waals surface area contributed by atoms with E-state index in [0.717, 1.165) is 32.7 Å². The van der Waals surface area contributed by atoms with Crippen LogP contribution in [0.2, 0.25) is 0 Å². The Labute approximate surface area is 144 Å². The van der Waals surface area contributed by atoms with Crippen molar-refractivity contribution in [2.45, 2.75) is 34.2 Å². The first-order valence-corrected chi connectivity index (χ1v) is 9.46. The average Bonchev–Trinajstić information content (AvgIpc) is 2.86. The maximum atomic E-state index is 12.9. The van der Waals surface area contributed by atoms with Gasteiger partial charge in [-0.2, -0.15) is 0 Å². The van der Waals surface area contributed by atoms with E-state index >= 15 is 0 Å². The molecule has 1 aromatic rings. The molecular formula is C19H28N2OS. The second-order valence-corrected chi connectivity index (χ2v) is 8.78. The fourth-order valence-electron chi connectivity index (χ4n) is 3.77. The van der Waals surface area contributed by atoms with E-state index in [-0.39, 0.29) is 11.3 Å². The van der Waals surface area contributed by atoms with Gasteiger partial charge >= 0.3 is 0 Å². The van der Waals surface area contributed by atoms with Crippen LogP contribution in [0.5, 0.6) is 0 Å². The van der Waals surface area contributed by atoms with Crippen LogP contribution in [0.15, 0.2) is 29.2 Å². The summed E-state index contributed by atoms with van der Waals surface area (Å²) < 4.78 is 0. The van der Waals surface area contributed by atoms with E-state index in [1.54, 1.807) is 0 Å². The Morgan fingerprint density at radius 3 is 2.57 bits per heavy atom. The Morgan fingerprint density at radius 2 is 2.00 bits per heavy atom. The minimum atomic E-state index is 0.127. The van der Waals surface area contributed by atoms with Gasteiger partial charge in [-0.1, -0.05) is 31.6 Å². The molecule has 1 aromatic heterocycles. The summed E-state index contributed by atoms with van der Waals surface area (Å²) in [5, 5.41) is 2.13. The van der Waals surface area contributed by atoms with Crippen molar-refractivity contribution in [3.8, 4) is 0 Å². The lowest BCUT2D eigenvalue weighted by Gasteiger charge is -2.35. The number of piperazine rings is 1. The molecule has 0 aromatic carbocycles. The molecule has 3 rings (SSSR count). The van der Waals surface area contributed by atoms with Crippen molar-refractivity contribution < 1.29 is 4.79 Å². The van der Waals surface area contributed by atoms with Gasteiger partial charge in [-0.05, 0) is 36.6 Å². The fraction of sp³-hybridized carbons (Fsp3) is 0.632. The van der Waals surface area contributed by atoms with Crippen LogP contribution < -0.4 is 0 Å². The van der Waals surface area contributed by atoms with Crippen LogP contribution in [0, 0.1) is 17.3 Å². The first-order chi connectivity index (χ1) is 10.9. The summed E-state index contributed by atoms with van der Waals surface area (Å²) in [4.78, 5) is 18.8. The zero-order valence-electron chi connectivity index (χ0n) is 14.7. The molecule has 126 valence electrons. The third kappa shape index (κ3) is 3.53. The van der Waals surface area contributed by atoms with Crippen LogP contribution >= 0.6 is 11.3 Å². The molecule has 2 heterocycles. The van der Waals surface area contributed by atoms with E-state index < -0.39 is 0 Å². The molecule has 1 saturated carbocycles. The van der Waals surface area contributed by atoms with Crippen molar-refractivity contribution in [3.05, 3.63) is 34.0 Å². The summed E-state index contributed by atoms with van der Waals surface area (Å²) >= 11 is 1.82. The smallest absolute Gasteiger partial charge is 0.226 e. The fourth-order valence-corrected chi connectivity index (χ4v) is 4.51. The first kappa shape index (κ1) is 16.7. The lowest BCUT2D eigenvalue weighted by molar-refractivity contribution is -0.135. The maximum Gasteiger partial charge on any atom is 0.226 e. The predicted octanol–water partition coefficient (Wildman–Crippen LogP) is 3.63. The van der Waals surface area contributed by atoms with Crippen molar-refractivity contribution in [3.63, 3.8) is 0 Å². The van der Waals surface area contributed by atoms with Gasteiger partial charge in [0.25, 0.3) is 0 Å². The van der Waals surface area contributed by atoms with Crippen molar-refractivity contribution >= 4 is 17.2 Å². The highest BCUT2D eigenvalue weighted by molar-refractivity contribution is 7.09. The summed E-state index contributed by atoms with van der Waals surface area (Å²) in [5.41, 5.74) is 1.45. The standard InChI is InChI=1S/C19H28N2OS/c1-14(2)12-16-17(19(16,3)4)18(22)21-9-7-20(8-10-21)13-15-6-5-11-23-15/h5-6,11-12,16-17H,7-10,13H2,1-4H3. The number of thiophene rings is 1. The quantitative estimate of drug-likeness (QED) is 0.786. The predicted molar refractivity (Wildman–Crippen MR) is 96.4 cm³/mol. The highest BCUT2D eigenvalue weighted by Crippen LogP contribution is 2.60. The normalized spacial score (nSPS) is 26.9. The molecule has 1 saturated heterocycles. The number of carbonyl (C=O) groups excluding carboxylic acids is 1. The highest BCUT2D eigenvalue weighted by Gasteiger charge is 2.61. The number of nitrogens with zero attached hydrogens (tertiary/aromatic N) is 2. The third-order valence-corrected chi connectivity index (χ3v) is 6.19. The van der Waals surface area contributed by atoms with Crippen molar-refractivity contribution in [1.29, 1.82) is 0 Å². The minimum absolute atomic E-state index is 0.127. The maximum absolute atomic E-state index is 12.9. The Bertz CT molecular complexity index is 579. The van der Waals surface area contributed by atoms with Gasteiger partial charge < -0.3 is 4.90 Å². The first-order valence-electron chi connectivity index (χ1n) is 8.58. The number of carbonyl (C=O) groups is 1. The Balaban J connectivity index is 1.54. The SMILES string of the molecule is CC(C)=CC1C(C(=O)N2CCN(Cc3cccs3)CC2)C1(C)C. The third-order valence-electron chi connectivity index (χ3n) is 5.33. The van der Waals surface area contributed by atoms with Gasteiger partial charge in [0.15, 0.2) is 0 Å². The molecule has 3 nitrogen and oxygen atoms in total. The lowest BCUT2D eigenvalue weighted by atomic mass is 10.1. The number of amides is 1. The van der Waals surface area contributed by atoms with Gasteiger partial charge in [0.2, 0.25) is 5.91 Å². The monoisotopic (exact) mass is 332 g/mol. The van der Waals surface area contributed by atoms with Gasteiger partial charge in [-0.3, -0.25) is 9.69 Å². The van der Waals surface area contributed by atoms with Crippen LogP contribution in [0.1, 0.15) is 32.6 Å². The molecule has 2 aliphatic rings. The van der Waals surface area contributed by atoms with Crippen molar-refractivity contribution in [2.24, 2.45) is 17.3 Å². The van der Waals surface area contributed by atoms with E-state index in [1.165, 1.54) is 10.5 Å². The van der Waals surface area contributed by atoms with E-state index in [2.05, 4.69) is 61.1 Å². The molecule has 1 amide bonds. The van der Waals surface area contributed by atoms with Crippen LogP contribution in [0.4, 0.5) is 0 Å². The molecule has 4 heteroatoms. The molecule has 1 aliphatic heterocycles. The summed E-state index contributed by atoms with van der Waals surface area (Å²) in [6.45, 7) is 13.5. The number of rotatable bonds is 4. The summed E-state index contributed by atoms with van der Waals surface area (Å²) in [5.74, 6) is 0.971. The van der Waals surface area contributed by atoms with Gasteiger partial charge in [0.1, 0.15) is 0 Å². The van der Waals surface area contributed by atoms with Gasteiger partial charge in [0, 0.05) is 37.6 Å². The topological polar surface area (TPSA) is 23.6 Å². The molecule has 1 aliphatic carbocycles. The van der Waals surface area contributed by atoms with Crippen LogP contribution in [-0.4, -0.2) is 41.9 Å². The molecule has 0 radical (unpaired) electrons. The Kier molecular flexibility index (Phi) is 4.65. The highest BCUT2D eigenvalue weighted by atomic mass is 32.1. The molecule has 0 spiro atoms. The zero-order chi connectivity index (χ0) is 16.6. The average molecular weight is 333 g/mol. The van der Waals surface area contributed by atoms with Gasteiger partial charge in [0.05, 0.1) is 5.92 Å². The van der Waals surface area contributed by atoms with Crippen molar-refractivity contribution in [1.82, 2.24) is 9.80 Å². The van der Waals surface area contributed by atoms with Crippen LogP contribution in [-0.2, 0) is 11.3 Å². The second kappa shape index (κ2) is 6.40. The molecular weight excluding hydrogens is 304 g/mol. The molecule has 23 heavy (non-hydrogen) atoms.